The molecular formula is C18H21F2N12O8PS. The minimum atomic E-state index is -4.54. The van der Waals surface area contributed by atoms with Crippen LogP contribution in [0, 0.1) is 0 Å². The molecule has 0 aromatic carbocycles. The van der Waals surface area contributed by atoms with Gasteiger partial charge in [-0.25, -0.2) is 18.7 Å². The van der Waals surface area contributed by atoms with Crippen LogP contribution in [0.15, 0.2) is 11.1 Å². The van der Waals surface area contributed by atoms with Crippen LogP contribution in [0.25, 0.3) is 22.3 Å². The molecule has 6 rings (SSSR count). The number of nitrogens with one attached hydrogen (secondary N) is 1. The van der Waals surface area contributed by atoms with Gasteiger partial charge in [-0.15, -0.1) is 10.2 Å². The van der Waals surface area contributed by atoms with E-state index in [1.165, 1.54) is 0 Å². The molecule has 4 aromatic heterocycles. The highest BCUT2D eigenvalue weighted by Crippen LogP contribution is 2.53. The summed E-state index contributed by atoms with van der Waals surface area (Å²) in [4.78, 5) is 37.0. The number of alkyl halides is 2. The van der Waals surface area contributed by atoms with E-state index in [0.717, 1.165) is 6.33 Å². The number of nitrogens with zero attached hydrogens (tertiary/aromatic N) is 9. The predicted octanol–water partition coefficient (Wildman–Crippen LogP) is -3.07. The van der Waals surface area contributed by atoms with E-state index in [9.17, 15) is 19.9 Å². The number of halogens is 2. The molecule has 24 heteroatoms. The van der Waals surface area contributed by atoms with Gasteiger partial charge < -0.3 is 40.6 Å². The second kappa shape index (κ2) is 10.1. The van der Waals surface area contributed by atoms with E-state index in [2.05, 4.69) is 40.6 Å². The molecule has 4 aromatic rings. The lowest BCUT2D eigenvalue weighted by atomic mass is 10.1. The fourth-order valence-electron chi connectivity index (χ4n) is 4.64. The molecular weight excluding hydrogens is 613 g/mol. The van der Waals surface area contributed by atoms with Gasteiger partial charge >= 0.3 is 6.72 Å². The lowest BCUT2D eigenvalue weighted by molar-refractivity contribution is -0.0830. The van der Waals surface area contributed by atoms with Crippen LogP contribution in [-0.4, -0.2) is 116 Å². The second-order valence-corrected chi connectivity index (χ2v) is 12.1. The summed E-state index contributed by atoms with van der Waals surface area (Å²) < 4.78 is 54.7. The number of H-pyrrole nitrogens is 1. The molecule has 42 heavy (non-hydrogen) atoms. The molecule has 0 radical (unpaired) electrons. The third-order valence-corrected chi connectivity index (χ3v) is 8.29. The predicted molar refractivity (Wildman–Crippen MR) is 136 cm³/mol. The standard InChI is InChI=1S/C18H21F2N12O8PS/c19-10-6(1-33)38-4-18(10,32-14-9(28-30-32)15(35)26-16(22)25-14)40-41(36,42)39-2-7-11(34)17(20,3-37-7)31-13-8(27-29-31)12(21)23-5-24-13/h5-7,10-11,33-34H,1-4H2,(H,36,42)(H2,21,23,24)(H3,22,25,26,35)/t6-,7-,10-,11-,17+,18-,41?/m1/s1. The van der Waals surface area contributed by atoms with Gasteiger partial charge in [0, 0.05) is 0 Å². The monoisotopic (exact) mass is 634 g/mol. The van der Waals surface area contributed by atoms with Crippen LogP contribution < -0.4 is 17.0 Å². The van der Waals surface area contributed by atoms with Gasteiger partial charge in [-0.05, 0) is 11.8 Å². The molecule has 8 N–H and O–H groups in total. The van der Waals surface area contributed by atoms with E-state index in [1.54, 1.807) is 0 Å². The van der Waals surface area contributed by atoms with Crippen molar-refractivity contribution in [3.05, 3.63) is 16.7 Å². The van der Waals surface area contributed by atoms with Crippen molar-refractivity contribution < 1.29 is 42.4 Å². The lowest BCUT2D eigenvalue weighted by Gasteiger charge is -2.33. The van der Waals surface area contributed by atoms with Crippen molar-refractivity contribution in [3.8, 4) is 0 Å². The highest BCUT2D eigenvalue weighted by atomic mass is 32.5. The van der Waals surface area contributed by atoms with E-state index in [0.29, 0.717) is 9.36 Å². The van der Waals surface area contributed by atoms with E-state index < -0.39 is 74.7 Å². The Morgan fingerprint density at radius 1 is 1.17 bits per heavy atom. The van der Waals surface area contributed by atoms with Crippen LogP contribution in [0.5, 0.6) is 0 Å². The van der Waals surface area contributed by atoms with Gasteiger partial charge in [0.2, 0.25) is 11.7 Å². The highest BCUT2D eigenvalue weighted by molar-refractivity contribution is 8.07. The molecule has 2 aliphatic heterocycles. The highest BCUT2D eigenvalue weighted by Gasteiger charge is 2.59. The van der Waals surface area contributed by atoms with Crippen LogP contribution in [-0.2, 0) is 41.8 Å². The number of hydrogen-bond acceptors (Lipinski definition) is 17. The number of nitrogens with two attached hydrogens (primary N) is 2. The van der Waals surface area contributed by atoms with Crippen molar-refractivity contribution in [2.45, 2.75) is 36.0 Å². The summed E-state index contributed by atoms with van der Waals surface area (Å²) in [6.45, 7) is -7.53. The van der Waals surface area contributed by atoms with E-state index in [4.69, 9.17) is 41.8 Å². The Morgan fingerprint density at radius 3 is 2.62 bits per heavy atom. The maximum absolute atomic E-state index is 16.0. The molecule has 1 unspecified atom stereocenters. The van der Waals surface area contributed by atoms with Crippen molar-refractivity contribution in [2.24, 2.45) is 0 Å². The first kappa shape index (κ1) is 28.7. The largest absolute Gasteiger partial charge is 0.394 e. The molecule has 20 nitrogen and oxygen atoms in total. The maximum atomic E-state index is 16.0. The second-order valence-electron chi connectivity index (χ2n) is 9.30. The molecule has 0 spiro atoms. The molecule has 0 aliphatic carbocycles. The summed E-state index contributed by atoms with van der Waals surface area (Å²) in [5.41, 5.74) is 7.25. The van der Waals surface area contributed by atoms with Gasteiger partial charge in [0.1, 0.15) is 37.9 Å². The molecule has 0 saturated carbocycles. The molecule has 6 heterocycles. The first-order chi connectivity index (χ1) is 19.9. The first-order valence-corrected chi connectivity index (χ1v) is 14.5. The molecule has 2 fully saturated rings. The number of aromatic amines is 1. The molecule has 7 atom stereocenters. The average molecular weight is 634 g/mol. The number of ether oxygens (including phenoxy) is 2. The Bertz CT molecular complexity index is 1780. The third-order valence-electron chi connectivity index (χ3n) is 6.73. The summed E-state index contributed by atoms with van der Waals surface area (Å²) in [6.07, 6.45) is -6.07. The first-order valence-electron chi connectivity index (χ1n) is 11.9. The normalized spacial score (nSPS) is 31.3. The van der Waals surface area contributed by atoms with Crippen molar-refractivity contribution in [1.82, 2.24) is 49.9 Å². The van der Waals surface area contributed by atoms with Crippen molar-refractivity contribution in [1.29, 1.82) is 0 Å². The van der Waals surface area contributed by atoms with Crippen molar-refractivity contribution >= 4 is 52.6 Å². The van der Waals surface area contributed by atoms with Gasteiger partial charge in [0.25, 0.3) is 11.4 Å². The average Bonchev–Trinajstić information content (AvgIpc) is 3.70. The molecule has 2 saturated heterocycles. The summed E-state index contributed by atoms with van der Waals surface area (Å²) in [5.74, 6) is -3.13. The zero-order valence-electron chi connectivity index (χ0n) is 20.9. The zero-order chi connectivity index (χ0) is 30.0. The summed E-state index contributed by atoms with van der Waals surface area (Å²) in [5, 5.41) is 35.2. The van der Waals surface area contributed by atoms with Crippen LogP contribution in [0.3, 0.4) is 0 Å². The minimum Gasteiger partial charge on any atom is -0.394 e. The summed E-state index contributed by atoms with van der Waals surface area (Å²) in [6, 6.07) is 0. The number of rotatable bonds is 8. The number of hydrogen-bond donors (Lipinski definition) is 6. The molecule has 226 valence electrons. The Hall–Kier alpha value is -3.41. The fourth-order valence-corrected chi connectivity index (χ4v) is 6.22. The maximum Gasteiger partial charge on any atom is 0.327 e. The number of fused-ring (bicyclic) bond motifs is 2. The Labute approximate surface area is 235 Å². The zero-order valence-corrected chi connectivity index (χ0v) is 22.6. The van der Waals surface area contributed by atoms with Gasteiger partial charge in [0.15, 0.2) is 34.3 Å². The van der Waals surface area contributed by atoms with E-state index in [1.807, 2.05) is 0 Å². The van der Waals surface area contributed by atoms with Crippen LogP contribution in [0.1, 0.15) is 0 Å². The number of aromatic nitrogens is 10. The SMILES string of the molecule is Nc1nc2c(nnn2[C@@]2(OP(O)(=S)OC[C@H]3OC[C@](F)(n4nnc5c(N)ncnc54)[C@@H]3O)CO[C@H](CO)[C@H]2F)c(=O)[nH]1. The smallest absolute Gasteiger partial charge is 0.327 e. The minimum absolute atomic E-state index is 0.00871. The molecule has 2 aliphatic rings. The Balaban J connectivity index is 1.25. The topological polar surface area (TPSA) is 283 Å². The van der Waals surface area contributed by atoms with Crippen LogP contribution in [0.4, 0.5) is 20.5 Å². The van der Waals surface area contributed by atoms with Crippen LogP contribution >= 0.6 is 6.72 Å². The number of aliphatic hydroxyl groups excluding tert-OH is 2. The fraction of sp³-hybridized carbons (Fsp3) is 0.556. The van der Waals surface area contributed by atoms with Crippen molar-refractivity contribution in [3.63, 3.8) is 0 Å². The lowest BCUT2D eigenvalue weighted by Crippen LogP contribution is -2.47. The van der Waals surface area contributed by atoms with Gasteiger partial charge in [-0.1, -0.05) is 10.4 Å². The molecule has 0 bridgehead atoms. The Morgan fingerprint density at radius 2 is 1.88 bits per heavy atom. The van der Waals surface area contributed by atoms with Gasteiger partial charge in [-0.2, -0.15) is 14.3 Å². The number of nitrogen functional groups attached to an aromatic ring is 2. The van der Waals surface area contributed by atoms with Crippen molar-refractivity contribution in [2.75, 3.05) is 37.9 Å². The van der Waals surface area contributed by atoms with Crippen LogP contribution in [0.2, 0.25) is 0 Å². The van der Waals surface area contributed by atoms with E-state index in [-0.39, 0.29) is 34.1 Å². The molecule has 0 amide bonds. The van der Waals surface area contributed by atoms with Gasteiger partial charge in [0.05, 0.1) is 13.2 Å². The third kappa shape index (κ3) is 4.40. The van der Waals surface area contributed by atoms with E-state index >= 15 is 8.78 Å². The Kier molecular flexibility index (Phi) is 6.90. The summed E-state index contributed by atoms with van der Waals surface area (Å²) in [7, 11) is 0. The summed E-state index contributed by atoms with van der Waals surface area (Å²) >= 11 is 5.09. The number of aliphatic hydroxyl groups is 2. The number of anilines is 2. The van der Waals surface area contributed by atoms with Gasteiger partial charge in [-0.3, -0.25) is 14.3 Å². The quantitative estimate of drug-likeness (QED) is 0.105.